The molecule has 1 aromatic heterocycles. The SMILES string of the molecule is N#C[C@@H]1CCCN1C(=O)CNC1C[C@H]2CC[C@@H](C1)N2c1ncccn1. The van der Waals surface area contributed by atoms with Crippen LogP contribution in [0, 0.1) is 11.3 Å². The van der Waals surface area contributed by atoms with E-state index in [1.54, 1.807) is 17.3 Å². The molecule has 2 bridgehead atoms. The van der Waals surface area contributed by atoms with Gasteiger partial charge in [-0.25, -0.2) is 9.97 Å². The molecule has 1 unspecified atom stereocenters. The number of hydrogen-bond acceptors (Lipinski definition) is 6. The van der Waals surface area contributed by atoms with E-state index in [-0.39, 0.29) is 11.9 Å². The molecule has 7 heteroatoms. The molecule has 4 atom stereocenters. The number of carbonyl (C=O) groups is 1. The Morgan fingerprint density at radius 3 is 2.64 bits per heavy atom. The zero-order chi connectivity index (χ0) is 17.2. The fourth-order valence-corrected chi connectivity index (χ4v) is 4.63. The average molecular weight is 340 g/mol. The normalized spacial score (nSPS) is 31.2. The highest BCUT2D eigenvalue weighted by Gasteiger charge is 2.42. The van der Waals surface area contributed by atoms with Gasteiger partial charge in [0.2, 0.25) is 11.9 Å². The quantitative estimate of drug-likeness (QED) is 0.883. The van der Waals surface area contributed by atoms with Crippen molar-refractivity contribution in [3.8, 4) is 6.07 Å². The first-order chi connectivity index (χ1) is 12.3. The second kappa shape index (κ2) is 6.96. The number of nitriles is 1. The molecule has 3 fully saturated rings. The van der Waals surface area contributed by atoms with Crippen molar-refractivity contribution in [3.63, 3.8) is 0 Å². The van der Waals surface area contributed by atoms with E-state index in [9.17, 15) is 4.79 Å². The van der Waals surface area contributed by atoms with E-state index >= 15 is 0 Å². The summed E-state index contributed by atoms with van der Waals surface area (Å²) in [6.07, 6.45) is 9.70. The van der Waals surface area contributed by atoms with Gasteiger partial charge in [0.1, 0.15) is 6.04 Å². The zero-order valence-electron chi connectivity index (χ0n) is 14.3. The minimum Gasteiger partial charge on any atom is -0.335 e. The van der Waals surface area contributed by atoms with Gasteiger partial charge in [-0.05, 0) is 44.6 Å². The number of aromatic nitrogens is 2. The average Bonchev–Trinajstić information content (AvgIpc) is 3.23. The maximum absolute atomic E-state index is 12.4. The van der Waals surface area contributed by atoms with Crippen molar-refractivity contribution in [2.75, 3.05) is 18.0 Å². The van der Waals surface area contributed by atoms with E-state index in [1.807, 2.05) is 6.07 Å². The molecule has 0 saturated carbocycles. The summed E-state index contributed by atoms with van der Waals surface area (Å²) in [6.45, 7) is 1.05. The van der Waals surface area contributed by atoms with Gasteiger partial charge in [-0.15, -0.1) is 0 Å². The molecule has 1 N–H and O–H groups in total. The summed E-state index contributed by atoms with van der Waals surface area (Å²) in [4.78, 5) is 25.3. The van der Waals surface area contributed by atoms with Crippen LogP contribution in [0.4, 0.5) is 5.95 Å². The van der Waals surface area contributed by atoms with Crippen LogP contribution in [0.5, 0.6) is 0 Å². The van der Waals surface area contributed by atoms with Crippen molar-refractivity contribution in [2.24, 2.45) is 0 Å². The number of carbonyl (C=O) groups excluding carboxylic acids is 1. The monoisotopic (exact) mass is 340 g/mol. The number of rotatable bonds is 4. The van der Waals surface area contributed by atoms with Crippen molar-refractivity contribution in [2.45, 2.75) is 62.7 Å². The number of fused-ring (bicyclic) bond motifs is 2. The van der Waals surface area contributed by atoms with Gasteiger partial charge in [-0.2, -0.15) is 5.26 Å². The van der Waals surface area contributed by atoms with Gasteiger partial charge >= 0.3 is 0 Å². The third-order valence-electron chi connectivity index (χ3n) is 5.78. The summed E-state index contributed by atoms with van der Waals surface area (Å²) in [5, 5.41) is 12.6. The molecular formula is C18H24N6O. The van der Waals surface area contributed by atoms with Crippen LogP contribution in [0.25, 0.3) is 0 Å². The molecule has 0 spiro atoms. The molecule has 3 aliphatic rings. The molecule has 132 valence electrons. The Labute approximate surface area is 148 Å². The van der Waals surface area contributed by atoms with Gasteiger partial charge < -0.3 is 15.1 Å². The summed E-state index contributed by atoms with van der Waals surface area (Å²) in [6, 6.07) is 5.10. The largest absolute Gasteiger partial charge is 0.335 e. The number of amides is 1. The third kappa shape index (κ3) is 3.19. The summed E-state index contributed by atoms with van der Waals surface area (Å²) in [7, 11) is 0. The Bertz CT molecular complexity index is 645. The molecule has 1 aromatic rings. The molecule has 0 aromatic carbocycles. The zero-order valence-corrected chi connectivity index (χ0v) is 14.3. The van der Waals surface area contributed by atoms with E-state index < -0.39 is 0 Å². The number of hydrogen-bond donors (Lipinski definition) is 1. The maximum atomic E-state index is 12.4. The smallest absolute Gasteiger partial charge is 0.237 e. The van der Waals surface area contributed by atoms with Crippen LogP contribution in [-0.2, 0) is 4.79 Å². The molecule has 1 amide bonds. The second-order valence-electron chi connectivity index (χ2n) is 7.26. The Morgan fingerprint density at radius 1 is 1.24 bits per heavy atom. The molecule has 25 heavy (non-hydrogen) atoms. The van der Waals surface area contributed by atoms with Gasteiger partial charge in [-0.1, -0.05) is 0 Å². The summed E-state index contributed by atoms with van der Waals surface area (Å²) in [5.41, 5.74) is 0. The topological polar surface area (TPSA) is 85.2 Å². The van der Waals surface area contributed by atoms with Crippen molar-refractivity contribution in [1.82, 2.24) is 20.2 Å². The third-order valence-corrected chi connectivity index (χ3v) is 5.78. The molecule has 4 rings (SSSR count). The van der Waals surface area contributed by atoms with Gasteiger partial charge in [0.25, 0.3) is 0 Å². The number of likely N-dealkylation sites (tertiary alicyclic amines) is 1. The van der Waals surface area contributed by atoms with Gasteiger partial charge in [0.15, 0.2) is 0 Å². The van der Waals surface area contributed by atoms with E-state index in [4.69, 9.17) is 5.26 Å². The predicted octanol–water partition coefficient (Wildman–Crippen LogP) is 1.08. The lowest BCUT2D eigenvalue weighted by atomic mass is 9.97. The van der Waals surface area contributed by atoms with Crippen molar-refractivity contribution < 1.29 is 4.79 Å². The fourth-order valence-electron chi connectivity index (χ4n) is 4.63. The summed E-state index contributed by atoms with van der Waals surface area (Å²) in [5.74, 6) is 0.892. The highest BCUT2D eigenvalue weighted by atomic mass is 16.2. The summed E-state index contributed by atoms with van der Waals surface area (Å²) >= 11 is 0. The lowest BCUT2D eigenvalue weighted by molar-refractivity contribution is -0.130. The first-order valence-corrected chi connectivity index (χ1v) is 9.24. The molecule has 7 nitrogen and oxygen atoms in total. The van der Waals surface area contributed by atoms with E-state index in [2.05, 4.69) is 26.3 Å². The van der Waals surface area contributed by atoms with Crippen LogP contribution >= 0.6 is 0 Å². The van der Waals surface area contributed by atoms with E-state index in [0.29, 0.717) is 31.2 Å². The van der Waals surface area contributed by atoms with Crippen LogP contribution in [0.15, 0.2) is 18.5 Å². The van der Waals surface area contributed by atoms with Crippen LogP contribution in [-0.4, -0.2) is 58.0 Å². The predicted molar refractivity (Wildman–Crippen MR) is 92.7 cm³/mol. The van der Waals surface area contributed by atoms with Gasteiger partial charge in [0, 0.05) is 37.1 Å². The van der Waals surface area contributed by atoms with Crippen LogP contribution in [0.3, 0.4) is 0 Å². The minimum atomic E-state index is -0.234. The Morgan fingerprint density at radius 2 is 1.96 bits per heavy atom. The molecule has 0 aliphatic carbocycles. The van der Waals surface area contributed by atoms with Crippen molar-refractivity contribution >= 4 is 11.9 Å². The minimum absolute atomic E-state index is 0.0604. The number of piperidine rings is 1. The Balaban J connectivity index is 1.33. The van der Waals surface area contributed by atoms with Crippen molar-refractivity contribution in [3.05, 3.63) is 18.5 Å². The maximum Gasteiger partial charge on any atom is 0.237 e. The first kappa shape index (κ1) is 16.3. The Kier molecular flexibility index (Phi) is 4.53. The van der Waals surface area contributed by atoms with Crippen molar-refractivity contribution in [1.29, 1.82) is 5.26 Å². The molecule has 3 saturated heterocycles. The highest BCUT2D eigenvalue weighted by molar-refractivity contribution is 5.79. The molecule has 3 aliphatic heterocycles. The number of anilines is 1. The van der Waals surface area contributed by atoms with E-state index in [1.165, 1.54) is 0 Å². The summed E-state index contributed by atoms with van der Waals surface area (Å²) < 4.78 is 0. The lowest BCUT2D eigenvalue weighted by Gasteiger charge is -2.39. The Hall–Kier alpha value is -2.20. The standard InChI is InChI=1S/C18H24N6O/c19-11-16-3-1-8-23(16)17(25)12-22-13-9-14-4-5-15(10-13)24(14)18-20-6-2-7-21-18/h2,6-7,13-16,22H,1,3-5,8-10,12H2/t13?,14-,15+,16-/m0/s1. The highest BCUT2D eigenvalue weighted by Crippen LogP contribution is 2.37. The van der Waals surface area contributed by atoms with Gasteiger partial charge in [-0.3, -0.25) is 4.79 Å². The molecular weight excluding hydrogens is 316 g/mol. The van der Waals surface area contributed by atoms with E-state index in [0.717, 1.165) is 44.5 Å². The lowest BCUT2D eigenvalue weighted by Crippen LogP contribution is -2.52. The first-order valence-electron chi connectivity index (χ1n) is 9.24. The molecule has 4 heterocycles. The number of nitrogens with one attached hydrogen (secondary N) is 1. The van der Waals surface area contributed by atoms with Crippen LogP contribution in [0.2, 0.25) is 0 Å². The van der Waals surface area contributed by atoms with Crippen LogP contribution < -0.4 is 10.2 Å². The van der Waals surface area contributed by atoms with Crippen LogP contribution in [0.1, 0.15) is 38.5 Å². The van der Waals surface area contributed by atoms with Gasteiger partial charge in [0.05, 0.1) is 12.6 Å². The second-order valence-corrected chi connectivity index (χ2v) is 7.26. The fraction of sp³-hybridized carbons (Fsp3) is 0.667. The molecule has 0 radical (unpaired) electrons. The number of nitrogens with zero attached hydrogens (tertiary/aromatic N) is 5.